The van der Waals surface area contributed by atoms with E-state index in [4.69, 9.17) is 5.11 Å². The van der Waals surface area contributed by atoms with Crippen molar-refractivity contribution in [3.63, 3.8) is 0 Å². The lowest BCUT2D eigenvalue weighted by molar-refractivity contribution is 0.0697. The van der Waals surface area contributed by atoms with Gasteiger partial charge in [-0.05, 0) is 24.6 Å². The van der Waals surface area contributed by atoms with Gasteiger partial charge in [-0.2, -0.15) is 0 Å². The fourth-order valence-corrected chi connectivity index (χ4v) is 1.90. The molecule has 0 aliphatic rings. The summed E-state index contributed by atoms with van der Waals surface area (Å²) in [7, 11) is 0. The van der Waals surface area contributed by atoms with Crippen molar-refractivity contribution in [3.8, 4) is 0 Å². The number of carboxylic acids is 1. The van der Waals surface area contributed by atoms with Crippen LogP contribution in [0.3, 0.4) is 0 Å². The Kier molecular flexibility index (Phi) is 4.45. The molecular formula is C10H12NO4S-. The van der Waals surface area contributed by atoms with Crippen LogP contribution in [0.2, 0.25) is 0 Å². The first-order chi connectivity index (χ1) is 7.56. The molecule has 0 aliphatic carbocycles. The van der Waals surface area contributed by atoms with Crippen LogP contribution >= 0.6 is 0 Å². The summed E-state index contributed by atoms with van der Waals surface area (Å²) in [5.74, 6) is -1.07. The van der Waals surface area contributed by atoms with E-state index < -0.39 is 17.2 Å². The molecule has 0 radical (unpaired) electrons. The first kappa shape index (κ1) is 12.7. The molecule has 0 spiro atoms. The number of anilines is 1. The van der Waals surface area contributed by atoms with Crippen LogP contribution in [0, 0.1) is 0 Å². The zero-order chi connectivity index (χ0) is 12.1. The molecule has 0 saturated heterocycles. The molecule has 0 aliphatic heterocycles. The smallest absolute Gasteiger partial charge is 0.335 e. The fourth-order valence-electron chi connectivity index (χ4n) is 1.29. The first-order valence-electron chi connectivity index (χ1n) is 4.76. The summed E-state index contributed by atoms with van der Waals surface area (Å²) in [5, 5.41) is 8.79. The van der Waals surface area contributed by atoms with Gasteiger partial charge in [-0.1, -0.05) is 13.0 Å². The van der Waals surface area contributed by atoms with E-state index in [1.807, 2.05) is 6.92 Å². The molecule has 0 fully saturated rings. The van der Waals surface area contributed by atoms with Gasteiger partial charge in [0.2, 0.25) is 0 Å². The zero-order valence-corrected chi connectivity index (χ0v) is 9.57. The van der Waals surface area contributed by atoms with E-state index in [0.29, 0.717) is 18.7 Å². The van der Waals surface area contributed by atoms with Gasteiger partial charge >= 0.3 is 5.97 Å². The molecule has 1 atom stereocenters. The minimum absolute atomic E-state index is 0.0732. The number of carbonyl (C=O) groups is 1. The number of rotatable bonds is 5. The van der Waals surface area contributed by atoms with Crippen LogP contribution in [0.5, 0.6) is 0 Å². The molecule has 0 amide bonds. The Labute approximate surface area is 96.1 Å². The molecule has 1 aromatic carbocycles. The summed E-state index contributed by atoms with van der Waals surface area (Å²) >= 11 is -2.39. The maximum Gasteiger partial charge on any atom is 0.335 e. The molecule has 88 valence electrons. The average molecular weight is 242 g/mol. The molecule has 16 heavy (non-hydrogen) atoms. The Morgan fingerprint density at radius 1 is 1.56 bits per heavy atom. The predicted molar refractivity (Wildman–Crippen MR) is 60.0 cm³/mol. The summed E-state index contributed by atoms with van der Waals surface area (Å²) in [6, 6.07) is 5.85. The van der Waals surface area contributed by atoms with Crippen molar-refractivity contribution >= 4 is 22.9 Å². The van der Waals surface area contributed by atoms with E-state index in [2.05, 4.69) is 0 Å². The van der Waals surface area contributed by atoms with E-state index in [1.54, 1.807) is 6.07 Å². The third-order valence-corrected chi connectivity index (χ3v) is 2.74. The van der Waals surface area contributed by atoms with Crippen LogP contribution in [-0.2, 0) is 11.3 Å². The SMILES string of the molecule is CCCN(c1cccc(C(=O)O)c1)S(=O)[O-]. The quantitative estimate of drug-likeness (QED) is 0.791. The maximum atomic E-state index is 10.9. The van der Waals surface area contributed by atoms with Crippen molar-refractivity contribution in [3.05, 3.63) is 29.8 Å². The lowest BCUT2D eigenvalue weighted by atomic mass is 10.2. The van der Waals surface area contributed by atoms with Gasteiger partial charge in [0.1, 0.15) is 0 Å². The average Bonchev–Trinajstić information content (AvgIpc) is 2.25. The van der Waals surface area contributed by atoms with Crippen LogP contribution in [0.25, 0.3) is 0 Å². The van der Waals surface area contributed by atoms with Crippen LogP contribution in [0.15, 0.2) is 24.3 Å². The topological polar surface area (TPSA) is 80.7 Å². The van der Waals surface area contributed by atoms with Crippen LogP contribution in [0.4, 0.5) is 5.69 Å². The van der Waals surface area contributed by atoms with Crippen molar-refractivity contribution in [1.29, 1.82) is 0 Å². The Balaban J connectivity index is 3.04. The fraction of sp³-hybridized carbons (Fsp3) is 0.300. The molecular weight excluding hydrogens is 230 g/mol. The van der Waals surface area contributed by atoms with E-state index in [1.165, 1.54) is 18.2 Å². The highest BCUT2D eigenvalue weighted by Crippen LogP contribution is 2.17. The second-order valence-electron chi connectivity index (χ2n) is 3.17. The van der Waals surface area contributed by atoms with Gasteiger partial charge in [0.15, 0.2) is 0 Å². The first-order valence-corrected chi connectivity index (χ1v) is 5.79. The molecule has 0 saturated carbocycles. The Morgan fingerprint density at radius 3 is 2.75 bits per heavy atom. The molecule has 1 N–H and O–H groups in total. The zero-order valence-electron chi connectivity index (χ0n) is 8.75. The van der Waals surface area contributed by atoms with E-state index in [0.717, 1.165) is 4.31 Å². The van der Waals surface area contributed by atoms with Crippen LogP contribution in [-0.4, -0.2) is 26.4 Å². The van der Waals surface area contributed by atoms with Gasteiger partial charge in [-0.3, -0.25) is 4.21 Å². The van der Waals surface area contributed by atoms with Gasteiger partial charge in [-0.15, -0.1) is 0 Å². The second kappa shape index (κ2) is 5.62. The maximum absolute atomic E-state index is 10.9. The summed E-state index contributed by atoms with van der Waals surface area (Å²) in [6.45, 7) is 2.18. The van der Waals surface area contributed by atoms with Crippen molar-refractivity contribution in [2.45, 2.75) is 13.3 Å². The standard InChI is InChI=1S/C10H13NO4S/c1-2-6-11(16(14)15)9-5-3-4-8(7-9)10(12)13/h3-5,7H,2,6H2,1H3,(H,12,13)(H,14,15)/p-1. The number of hydrogen-bond donors (Lipinski definition) is 1. The van der Waals surface area contributed by atoms with Gasteiger partial charge in [0, 0.05) is 23.5 Å². The number of nitrogens with zero attached hydrogens (tertiary/aromatic N) is 1. The molecule has 0 heterocycles. The minimum Gasteiger partial charge on any atom is -0.755 e. The summed E-state index contributed by atoms with van der Waals surface area (Å²) < 4.78 is 23.0. The molecule has 0 aromatic heterocycles. The minimum atomic E-state index is -2.39. The van der Waals surface area contributed by atoms with Gasteiger partial charge in [-0.25, -0.2) is 4.79 Å². The monoisotopic (exact) mass is 242 g/mol. The second-order valence-corrected chi connectivity index (χ2v) is 4.05. The van der Waals surface area contributed by atoms with E-state index in [-0.39, 0.29) is 5.56 Å². The van der Waals surface area contributed by atoms with Gasteiger partial charge < -0.3 is 14.0 Å². The Hall–Kier alpha value is -1.40. The molecule has 5 nitrogen and oxygen atoms in total. The largest absolute Gasteiger partial charge is 0.755 e. The van der Waals surface area contributed by atoms with Crippen molar-refractivity contribution in [1.82, 2.24) is 0 Å². The van der Waals surface area contributed by atoms with Crippen molar-refractivity contribution < 1.29 is 18.7 Å². The summed E-state index contributed by atoms with van der Waals surface area (Å²) in [4.78, 5) is 10.7. The normalized spacial score (nSPS) is 12.1. The molecule has 6 heteroatoms. The summed E-state index contributed by atoms with van der Waals surface area (Å²) in [5.41, 5.74) is 0.444. The van der Waals surface area contributed by atoms with Crippen LogP contribution < -0.4 is 4.31 Å². The van der Waals surface area contributed by atoms with Crippen molar-refractivity contribution in [2.24, 2.45) is 0 Å². The Bertz CT molecular complexity index is 408. The van der Waals surface area contributed by atoms with E-state index >= 15 is 0 Å². The number of hydrogen-bond acceptors (Lipinski definition) is 3. The number of aromatic carboxylic acids is 1. The number of benzene rings is 1. The van der Waals surface area contributed by atoms with Crippen LogP contribution in [0.1, 0.15) is 23.7 Å². The third-order valence-electron chi connectivity index (χ3n) is 1.99. The highest BCUT2D eigenvalue weighted by Gasteiger charge is 2.09. The third kappa shape index (κ3) is 3.04. The molecule has 1 aromatic rings. The molecule has 1 unspecified atom stereocenters. The Morgan fingerprint density at radius 2 is 2.25 bits per heavy atom. The predicted octanol–water partition coefficient (Wildman–Crippen LogP) is 1.40. The highest BCUT2D eigenvalue weighted by molar-refractivity contribution is 7.80. The molecule has 0 bridgehead atoms. The van der Waals surface area contributed by atoms with Gasteiger partial charge in [0.25, 0.3) is 0 Å². The lowest BCUT2D eigenvalue weighted by Gasteiger charge is -2.25. The highest BCUT2D eigenvalue weighted by atomic mass is 32.2. The summed E-state index contributed by atoms with van der Waals surface area (Å²) in [6.07, 6.45) is 0.658. The molecule has 1 rings (SSSR count). The van der Waals surface area contributed by atoms with E-state index in [9.17, 15) is 13.6 Å². The van der Waals surface area contributed by atoms with Crippen molar-refractivity contribution in [2.75, 3.05) is 10.8 Å². The van der Waals surface area contributed by atoms with Gasteiger partial charge in [0.05, 0.1) is 5.56 Å². The lowest BCUT2D eigenvalue weighted by Crippen LogP contribution is -2.26. The number of carboxylic acid groups (broad SMARTS) is 1.